The van der Waals surface area contributed by atoms with Crippen LogP contribution in [0.4, 0.5) is 0 Å². The molecule has 0 aliphatic carbocycles. The summed E-state index contributed by atoms with van der Waals surface area (Å²) in [7, 11) is 1.67. The minimum atomic E-state index is -0.262. The van der Waals surface area contributed by atoms with E-state index in [0.717, 1.165) is 0 Å². The fourth-order valence-electron chi connectivity index (χ4n) is 1.36. The second-order valence-corrected chi connectivity index (χ2v) is 5.14. The van der Waals surface area contributed by atoms with E-state index in [1.54, 1.807) is 7.05 Å². The molecule has 1 rings (SSSR count). The molecule has 0 saturated heterocycles. The van der Waals surface area contributed by atoms with Gasteiger partial charge in [-0.2, -0.15) is 0 Å². The molecule has 1 aromatic rings. The maximum absolute atomic E-state index is 12.0. The van der Waals surface area contributed by atoms with E-state index in [2.05, 4.69) is 0 Å². The lowest BCUT2D eigenvalue weighted by molar-refractivity contribution is 0.0790. The van der Waals surface area contributed by atoms with Gasteiger partial charge in [0.15, 0.2) is 0 Å². The Hall–Kier alpha value is -0.930. The summed E-state index contributed by atoms with van der Waals surface area (Å²) in [5, 5.41) is 10.0. The first-order valence-electron chi connectivity index (χ1n) is 5.30. The molecule has 0 fully saturated rings. The predicted octanol–water partition coefficient (Wildman–Crippen LogP) is 3.14. The van der Waals surface area contributed by atoms with Crippen molar-refractivity contribution in [3.8, 4) is 5.75 Å². The van der Waals surface area contributed by atoms with Gasteiger partial charge in [0, 0.05) is 24.0 Å². The van der Waals surface area contributed by atoms with E-state index in [9.17, 15) is 9.90 Å². The standard InChI is InChI=1S/C12H15Cl2NO2/c1-8(13)5-6-15(2)12(17)10-7-9(14)3-4-11(10)16/h3-4,7-8,16H,5-6H2,1-2H3. The SMILES string of the molecule is CC(Cl)CCN(C)C(=O)c1cc(Cl)ccc1O. The van der Waals surface area contributed by atoms with Crippen LogP contribution in [-0.2, 0) is 0 Å². The van der Waals surface area contributed by atoms with Crippen molar-refractivity contribution in [2.45, 2.75) is 18.7 Å². The third-order valence-electron chi connectivity index (χ3n) is 2.40. The van der Waals surface area contributed by atoms with Gasteiger partial charge in [-0.05, 0) is 31.5 Å². The average molecular weight is 276 g/mol. The van der Waals surface area contributed by atoms with Crippen LogP contribution in [0.25, 0.3) is 0 Å². The molecule has 1 N–H and O–H groups in total. The van der Waals surface area contributed by atoms with Crippen LogP contribution in [0, 0.1) is 0 Å². The number of nitrogens with zero attached hydrogens (tertiary/aromatic N) is 1. The van der Waals surface area contributed by atoms with Crippen LogP contribution in [0.1, 0.15) is 23.7 Å². The highest BCUT2D eigenvalue weighted by Crippen LogP contribution is 2.22. The summed E-state index contributed by atoms with van der Waals surface area (Å²) in [6.07, 6.45) is 0.700. The molecule has 0 heterocycles. The van der Waals surface area contributed by atoms with Crippen molar-refractivity contribution in [1.29, 1.82) is 0 Å². The van der Waals surface area contributed by atoms with Crippen molar-refractivity contribution in [1.82, 2.24) is 4.90 Å². The zero-order valence-corrected chi connectivity index (χ0v) is 11.3. The van der Waals surface area contributed by atoms with E-state index in [1.165, 1.54) is 23.1 Å². The van der Waals surface area contributed by atoms with E-state index in [4.69, 9.17) is 23.2 Å². The number of hydrogen-bond donors (Lipinski definition) is 1. The summed E-state index contributed by atoms with van der Waals surface area (Å²) in [4.78, 5) is 13.5. The first-order valence-corrected chi connectivity index (χ1v) is 6.11. The summed E-state index contributed by atoms with van der Waals surface area (Å²) in [5.74, 6) is -0.326. The molecular weight excluding hydrogens is 261 g/mol. The van der Waals surface area contributed by atoms with Crippen LogP contribution in [0.15, 0.2) is 18.2 Å². The second-order valence-electron chi connectivity index (χ2n) is 3.96. The van der Waals surface area contributed by atoms with E-state index >= 15 is 0 Å². The molecule has 0 aliphatic rings. The lowest BCUT2D eigenvalue weighted by Crippen LogP contribution is -2.28. The molecule has 0 radical (unpaired) electrons. The monoisotopic (exact) mass is 275 g/mol. The molecule has 94 valence electrons. The number of alkyl halides is 1. The minimum Gasteiger partial charge on any atom is -0.507 e. The molecular formula is C12H15Cl2NO2. The van der Waals surface area contributed by atoms with Gasteiger partial charge in [0.2, 0.25) is 0 Å². The van der Waals surface area contributed by atoms with Crippen LogP contribution in [0.5, 0.6) is 5.75 Å². The summed E-state index contributed by atoms with van der Waals surface area (Å²) in [5.41, 5.74) is 0.210. The van der Waals surface area contributed by atoms with Gasteiger partial charge >= 0.3 is 0 Å². The summed E-state index contributed by atoms with van der Waals surface area (Å²) in [6.45, 7) is 2.41. The van der Waals surface area contributed by atoms with Gasteiger partial charge in [-0.3, -0.25) is 4.79 Å². The molecule has 17 heavy (non-hydrogen) atoms. The maximum Gasteiger partial charge on any atom is 0.257 e. The third-order valence-corrected chi connectivity index (χ3v) is 2.85. The van der Waals surface area contributed by atoms with Crippen molar-refractivity contribution < 1.29 is 9.90 Å². The van der Waals surface area contributed by atoms with Gasteiger partial charge in [-0.1, -0.05) is 11.6 Å². The first kappa shape index (κ1) is 14.1. The molecule has 0 spiro atoms. The minimum absolute atomic E-state index is 0.0122. The molecule has 1 aromatic carbocycles. The highest BCUT2D eigenvalue weighted by Gasteiger charge is 2.16. The fourth-order valence-corrected chi connectivity index (χ4v) is 1.63. The third kappa shape index (κ3) is 4.10. The van der Waals surface area contributed by atoms with Crippen LogP contribution in [0.2, 0.25) is 5.02 Å². The molecule has 0 saturated carbocycles. The van der Waals surface area contributed by atoms with E-state index in [1.807, 2.05) is 6.92 Å². The maximum atomic E-state index is 12.0. The Morgan fingerprint density at radius 2 is 2.18 bits per heavy atom. The zero-order chi connectivity index (χ0) is 13.0. The number of amides is 1. The smallest absolute Gasteiger partial charge is 0.257 e. The highest BCUT2D eigenvalue weighted by molar-refractivity contribution is 6.31. The Kier molecular flexibility index (Phi) is 5.09. The van der Waals surface area contributed by atoms with Gasteiger partial charge in [0.05, 0.1) is 5.56 Å². The lowest BCUT2D eigenvalue weighted by Gasteiger charge is -2.18. The normalized spacial score (nSPS) is 12.2. The number of phenolic OH excluding ortho intramolecular Hbond substituents is 1. The largest absolute Gasteiger partial charge is 0.507 e. The second kappa shape index (κ2) is 6.12. The summed E-state index contributed by atoms with van der Waals surface area (Å²) >= 11 is 11.6. The van der Waals surface area contributed by atoms with Gasteiger partial charge in [-0.25, -0.2) is 0 Å². The number of hydrogen-bond acceptors (Lipinski definition) is 2. The van der Waals surface area contributed by atoms with Crippen molar-refractivity contribution in [3.05, 3.63) is 28.8 Å². The Balaban J connectivity index is 2.78. The summed E-state index contributed by atoms with van der Waals surface area (Å²) in [6, 6.07) is 4.40. The quantitative estimate of drug-likeness (QED) is 0.858. The van der Waals surface area contributed by atoms with E-state index in [0.29, 0.717) is 18.0 Å². The molecule has 1 unspecified atom stereocenters. The Morgan fingerprint density at radius 1 is 1.53 bits per heavy atom. The topological polar surface area (TPSA) is 40.5 Å². The Bertz CT molecular complexity index is 407. The number of phenols is 1. The van der Waals surface area contributed by atoms with Crippen molar-refractivity contribution in [2.24, 2.45) is 0 Å². The molecule has 0 aromatic heterocycles. The lowest BCUT2D eigenvalue weighted by atomic mass is 10.1. The van der Waals surface area contributed by atoms with Crippen molar-refractivity contribution in [3.63, 3.8) is 0 Å². The van der Waals surface area contributed by atoms with Crippen LogP contribution in [0.3, 0.4) is 0 Å². The van der Waals surface area contributed by atoms with Gasteiger partial charge in [0.25, 0.3) is 5.91 Å². The Labute approximate surface area is 111 Å². The average Bonchev–Trinajstić information content (AvgIpc) is 2.28. The highest BCUT2D eigenvalue weighted by atomic mass is 35.5. The van der Waals surface area contributed by atoms with Gasteiger partial charge in [0.1, 0.15) is 5.75 Å². The number of halogens is 2. The molecule has 0 aliphatic heterocycles. The molecule has 0 bridgehead atoms. The number of carbonyl (C=O) groups is 1. The number of benzene rings is 1. The van der Waals surface area contributed by atoms with Gasteiger partial charge < -0.3 is 10.0 Å². The van der Waals surface area contributed by atoms with E-state index < -0.39 is 0 Å². The zero-order valence-electron chi connectivity index (χ0n) is 9.78. The molecule has 1 amide bonds. The van der Waals surface area contributed by atoms with Gasteiger partial charge in [-0.15, -0.1) is 11.6 Å². The first-order chi connectivity index (χ1) is 7.91. The molecule has 5 heteroatoms. The van der Waals surface area contributed by atoms with Crippen molar-refractivity contribution >= 4 is 29.1 Å². The van der Waals surface area contributed by atoms with E-state index in [-0.39, 0.29) is 22.6 Å². The number of aromatic hydroxyl groups is 1. The predicted molar refractivity (Wildman–Crippen MR) is 70.0 cm³/mol. The number of carbonyl (C=O) groups excluding carboxylic acids is 1. The summed E-state index contributed by atoms with van der Waals surface area (Å²) < 4.78 is 0. The molecule has 3 nitrogen and oxygen atoms in total. The van der Waals surface area contributed by atoms with Crippen LogP contribution < -0.4 is 0 Å². The van der Waals surface area contributed by atoms with Crippen LogP contribution >= 0.6 is 23.2 Å². The van der Waals surface area contributed by atoms with Crippen LogP contribution in [-0.4, -0.2) is 34.9 Å². The fraction of sp³-hybridized carbons (Fsp3) is 0.417. The number of rotatable bonds is 4. The molecule has 1 atom stereocenters. The van der Waals surface area contributed by atoms with Crippen molar-refractivity contribution in [2.75, 3.05) is 13.6 Å². The Morgan fingerprint density at radius 3 is 2.76 bits per heavy atom.